The lowest BCUT2D eigenvalue weighted by Gasteiger charge is -2.44. The standard InChI is InChI=1S/C27H29ClN2O3/c1-26(2,3)33-25(31)30-12-10-27(11-13-30)9-8-20-14-19(6-7-23(20)32-27)18-4-5-21-17-29-24(28)16-22(21)15-18/h4-7,14-17H,8-13H2,1-3H3. The highest BCUT2D eigenvalue weighted by Crippen LogP contribution is 2.41. The maximum atomic E-state index is 12.4. The molecule has 2 aliphatic rings. The Hall–Kier alpha value is -2.79. The van der Waals surface area contributed by atoms with Crippen LogP contribution in [0.5, 0.6) is 5.75 Å². The Bertz CT molecular complexity index is 1210. The first-order chi connectivity index (χ1) is 15.7. The first-order valence-corrected chi connectivity index (χ1v) is 11.9. The minimum atomic E-state index is -0.474. The van der Waals surface area contributed by atoms with Crippen LogP contribution in [0.3, 0.4) is 0 Å². The summed E-state index contributed by atoms with van der Waals surface area (Å²) in [6.07, 6.45) is 5.16. The Balaban J connectivity index is 1.30. The number of ether oxygens (including phenoxy) is 2. The molecule has 1 fully saturated rings. The maximum absolute atomic E-state index is 12.4. The van der Waals surface area contributed by atoms with Gasteiger partial charge in [0, 0.05) is 37.5 Å². The lowest BCUT2D eigenvalue weighted by atomic mass is 9.82. The van der Waals surface area contributed by atoms with Gasteiger partial charge in [-0.25, -0.2) is 9.78 Å². The number of likely N-dealkylation sites (tertiary alicyclic amines) is 1. The number of amides is 1. The Morgan fingerprint density at radius 1 is 1.03 bits per heavy atom. The van der Waals surface area contributed by atoms with E-state index in [0.717, 1.165) is 47.8 Å². The van der Waals surface area contributed by atoms with E-state index in [1.54, 1.807) is 11.1 Å². The van der Waals surface area contributed by atoms with Gasteiger partial charge in [-0.3, -0.25) is 0 Å². The number of hydrogen-bond acceptors (Lipinski definition) is 4. The third-order valence-corrected chi connectivity index (χ3v) is 6.79. The van der Waals surface area contributed by atoms with Crippen LogP contribution in [0.4, 0.5) is 4.79 Å². The van der Waals surface area contributed by atoms with Crippen molar-refractivity contribution in [2.75, 3.05) is 13.1 Å². The van der Waals surface area contributed by atoms with Crippen LogP contribution in [0.25, 0.3) is 21.9 Å². The lowest BCUT2D eigenvalue weighted by molar-refractivity contribution is -0.0272. The molecule has 3 aromatic rings. The van der Waals surface area contributed by atoms with Gasteiger partial charge in [0.05, 0.1) is 0 Å². The molecule has 0 aliphatic carbocycles. The summed E-state index contributed by atoms with van der Waals surface area (Å²) >= 11 is 6.08. The molecule has 0 radical (unpaired) electrons. The fourth-order valence-corrected chi connectivity index (χ4v) is 4.94. The minimum absolute atomic E-state index is 0.195. The topological polar surface area (TPSA) is 51.7 Å². The average Bonchev–Trinajstić information content (AvgIpc) is 2.77. The Kier molecular flexibility index (Phi) is 5.48. The number of fused-ring (bicyclic) bond motifs is 2. The van der Waals surface area contributed by atoms with E-state index in [0.29, 0.717) is 18.2 Å². The number of hydrogen-bond donors (Lipinski definition) is 0. The summed E-state index contributed by atoms with van der Waals surface area (Å²) in [7, 11) is 0. The molecule has 2 aromatic carbocycles. The predicted molar refractivity (Wildman–Crippen MR) is 131 cm³/mol. The molecular weight excluding hydrogens is 436 g/mol. The highest BCUT2D eigenvalue weighted by molar-refractivity contribution is 6.30. The van der Waals surface area contributed by atoms with E-state index in [-0.39, 0.29) is 11.7 Å². The van der Waals surface area contributed by atoms with Crippen LogP contribution in [0, 0.1) is 0 Å². The normalized spacial score (nSPS) is 17.5. The molecule has 0 bridgehead atoms. The lowest BCUT2D eigenvalue weighted by Crippen LogP contribution is -2.52. The maximum Gasteiger partial charge on any atom is 0.410 e. The second kappa shape index (κ2) is 8.21. The van der Waals surface area contributed by atoms with E-state index >= 15 is 0 Å². The molecule has 5 rings (SSSR count). The molecule has 0 unspecified atom stereocenters. The molecule has 1 amide bonds. The number of pyridine rings is 1. The summed E-state index contributed by atoms with van der Waals surface area (Å²) in [5.41, 5.74) is 2.89. The first-order valence-electron chi connectivity index (χ1n) is 11.6. The van der Waals surface area contributed by atoms with E-state index in [1.807, 2.05) is 26.8 Å². The Morgan fingerprint density at radius 3 is 2.52 bits per heavy atom. The van der Waals surface area contributed by atoms with Crippen LogP contribution >= 0.6 is 11.6 Å². The number of aryl methyl sites for hydroxylation is 1. The number of benzene rings is 2. The monoisotopic (exact) mass is 464 g/mol. The zero-order valence-corrected chi connectivity index (χ0v) is 20.1. The SMILES string of the molecule is CC(C)(C)OC(=O)N1CCC2(CCc3cc(-c4ccc5cnc(Cl)cc5c4)ccc3O2)CC1. The number of halogens is 1. The summed E-state index contributed by atoms with van der Waals surface area (Å²) in [4.78, 5) is 18.4. The van der Waals surface area contributed by atoms with Gasteiger partial charge in [0.1, 0.15) is 22.1 Å². The highest BCUT2D eigenvalue weighted by atomic mass is 35.5. The van der Waals surface area contributed by atoms with Crippen LogP contribution < -0.4 is 4.74 Å². The van der Waals surface area contributed by atoms with E-state index in [2.05, 4.69) is 41.4 Å². The van der Waals surface area contributed by atoms with Crippen molar-refractivity contribution in [3.8, 4) is 16.9 Å². The third-order valence-electron chi connectivity index (χ3n) is 6.58. The zero-order chi connectivity index (χ0) is 23.2. The van der Waals surface area contributed by atoms with Gasteiger partial charge in [-0.1, -0.05) is 29.8 Å². The number of nitrogens with zero attached hydrogens (tertiary/aromatic N) is 2. The largest absolute Gasteiger partial charge is 0.487 e. The van der Waals surface area contributed by atoms with Gasteiger partial charge < -0.3 is 14.4 Å². The molecule has 3 heterocycles. The van der Waals surface area contributed by atoms with E-state index in [1.165, 1.54) is 11.1 Å². The van der Waals surface area contributed by atoms with Crippen molar-refractivity contribution in [2.24, 2.45) is 0 Å². The van der Waals surface area contributed by atoms with Crippen LogP contribution in [-0.4, -0.2) is 40.3 Å². The number of rotatable bonds is 1. The van der Waals surface area contributed by atoms with Gasteiger partial charge in [-0.15, -0.1) is 0 Å². The van der Waals surface area contributed by atoms with Crippen LogP contribution in [-0.2, 0) is 11.2 Å². The van der Waals surface area contributed by atoms with E-state index in [9.17, 15) is 4.79 Å². The summed E-state index contributed by atoms with van der Waals surface area (Å²) in [5.74, 6) is 0.962. The number of piperidine rings is 1. The van der Waals surface area contributed by atoms with Crippen LogP contribution in [0.15, 0.2) is 48.7 Å². The average molecular weight is 465 g/mol. The Labute approximate surface area is 199 Å². The van der Waals surface area contributed by atoms with Gasteiger partial charge >= 0.3 is 6.09 Å². The molecule has 1 spiro atoms. The zero-order valence-electron chi connectivity index (χ0n) is 19.4. The predicted octanol–water partition coefficient (Wildman–Crippen LogP) is 6.65. The quantitative estimate of drug-likeness (QED) is 0.378. The van der Waals surface area contributed by atoms with Gasteiger partial charge in [-0.2, -0.15) is 0 Å². The van der Waals surface area contributed by atoms with Crippen molar-refractivity contribution in [1.29, 1.82) is 0 Å². The molecule has 0 N–H and O–H groups in total. The van der Waals surface area contributed by atoms with Crippen LogP contribution in [0.1, 0.15) is 45.6 Å². The molecule has 0 atom stereocenters. The number of aromatic nitrogens is 1. The smallest absolute Gasteiger partial charge is 0.410 e. The van der Waals surface area contributed by atoms with Gasteiger partial charge in [0.15, 0.2) is 0 Å². The van der Waals surface area contributed by atoms with Crippen molar-refractivity contribution in [1.82, 2.24) is 9.88 Å². The highest BCUT2D eigenvalue weighted by Gasteiger charge is 2.41. The van der Waals surface area contributed by atoms with Crippen molar-refractivity contribution in [3.63, 3.8) is 0 Å². The van der Waals surface area contributed by atoms with Crippen LogP contribution in [0.2, 0.25) is 5.15 Å². The summed E-state index contributed by atoms with van der Waals surface area (Å²) < 4.78 is 12.1. The molecule has 6 heteroatoms. The van der Waals surface area contributed by atoms with Gasteiger partial charge in [0.25, 0.3) is 0 Å². The second-order valence-corrected chi connectivity index (χ2v) is 10.5. The molecule has 2 aliphatic heterocycles. The summed E-state index contributed by atoms with van der Waals surface area (Å²) in [5, 5.41) is 2.66. The number of carbonyl (C=O) groups is 1. The third kappa shape index (κ3) is 4.65. The van der Waals surface area contributed by atoms with Crippen molar-refractivity contribution >= 4 is 28.5 Å². The van der Waals surface area contributed by atoms with E-state index < -0.39 is 5.60 Å². The molecule has 0 saturated carbocycles. The number of carbonyl (C=O) groups excluding carboxylic acids is 1. The van der Waals surface area contributed by atoms with Crippen molar-refractivity contribution in [2.45, 2.75) is 57.7 Å². The van der Waals surface area contributed by atoms with Gasteiger partial charge in [-0.05, 0) is 80.0 Å². The Morgan fingerprint density at radius 2 is 1.76 bits per heavy atom. The van der Waals surface area contributed by atoms with Crippen molar-refractivity contribution < 1.29 is 14.3 Å². The fourth-order valence-electron chi connectivity index (χ4n) is 4.77. The van der Waals surface area contributed by atoms with Gasteiger partial charge in [0.2, 0.25) is 0 Å². The molecule has 33 heavy (non-hydrogen) atoms. The second-order valence-electron chi connectivity index (χ2n) is 10.1. The molecule has 172 valence electrons. The first kappa shape index (κ1) is 22.0. The van der Waals surface area contributed by atoms with Crippen molar-refractivity contribution in [3.05, 3.63) is 59.4 Å². The molecule has 1 aromatic heterocycles. The minimum Gasteiger partial charge on any atom is -0.487 e. The molecular formula is C27H29ClN2O3. The fraction of sp³-hybridized carbons (Fsp3) is 0.407. The molecule has 5 nitrogen and oxygen atoms in total. The van der Waals surface area contributed by atoms with E-state index in [4.69, 9.17) is 21.1 Å². The summed E-state index contributed by atoms with van der Waals surface area (Å²) in [6.45, 7) is 7.02. The molecule has 1 saturated heterocycles. The summed E-state index contributed by atoms with van der Waals surface area (Å²) in [6, 6.07) is 14.7.